The molecule has 2 rings (SSSR count). The fourth-order valence-electron chi connectivity index (χ4n) is 2.78. The number of phosphoric ester groups is 1. The first-order valence-electron chi connectivity index (χ1n) is 8.20. The fourth-order valence-corrected chi connectivity index (χ4v) is 5.85. The van der Waals surface area contributed by atoms with Crippen molar-refractivity contribution >= 4 is 23.5 Å². The van der Waals surface area contributed by atoms with Crippen LogP contribution in [0.15, 0.2) is 21.9 Å². The molecule has 33 heavy (non-hydrogen) atoms. The Kier molecular flexibility index (Phi) is 8.05. The van der Waals surface area contributed by atoms with Crippen molar-refractivity contribution in [3.05, 3.63) is 33.1 Å². The maximum Gasteiger partial charge on any atom is 0.490 e. The average Bonchev–Trinajstić information content (AvgIpc) is 2.86. The van der Waals surface area contributed by atoms with Crippen molar-refractivity contribution in [3.8, 4) is 0 Å². The number of aromatic nitrogens is 2. The predicted octanol–water partition coefficient (Wildman–Crippen LogP) is -1.82. The van der Waals surface area contributed by atoms with Gasteiger partial charge in [0.25, 0.3) is 5.56 Å². The highest BCUT2D eigenvalue weighted by atomic mass is 31.3. The van der Waals surface area contributed by atoms with E-state index in [0.29, 0.717) is 10.8 Å². The zero-order valence-corrected chi connectivity index (χ0v) is 18.5. The second kappa shape index (κ2) is 9.47. The lowest BCUT2D eigenvalue weighted by Gasteiger charge is -2.31. The van der Waals surface area contributed by atoms with Crippen molar-refractivity contribution in [2.45, 2.75) is 23.5 Å². The van der Waals surface area contributed by atoms with Crippen LogP contribution < -0.4 is 11.2 Å². The number of alkyl halides is 2. The molecule has 7 N–H and O–H groups in total. The molecule has 6 atom stereocenters. The highest BCUT2D eigenvalue weighted by molar-refractivity contribution is 7.66. The number of ether oxygens (including phenoxy) is 1. The number of halogens is 2. The van der Waals surface area contributed by atoms with Crippen LogP contribution in [0.5, 0.6) is 0 Å². The molecule has 3 unspecified atom stereocenters. The van der Waals surface area contributed by atoms with Gasteiger partial charge in [0.15, 0.2) is 17.4 Å². The predicted molar refractivity (Wildman–Crippen MR) is 96.9 cm³/mol. The smallest absolute Gasteiger partial charge is 0.387 e. The molecule has 22 heteroatoms. The number of nitrogens with zero attached hydrogens (tertiary/aromatic N) is 1. The number of phosphoric acid groups is 3. The van der Waals surface area contributed by atoms with Gasteiger partial charge in [-0.25, -0.2) is 27.3 Å². The summed E-state index contributed by atoms with van der Waals surface area (Å²) in [6.45, 7) is -5.35. The monoisotopic (exact) mass is 548 g/mol. The van der Waals surface area contributed by atoms with E-state index in [9.17, 15) is 47.2 Å². The van der Waals surface area contributed by atoms with Crippen molar-refractivity contribution in [3.63, 3.8) is 0 Å². The van der Waals surface area contributed by atoms with Crippen LogP contribution >= 0.6 is 23.5 Å². The first-order valence-corrected chi connectivity index (χ1v) is 12.7. The molecule has 0 aromatic carbocycles. The zero-order valence-electron chi connectivity index (χ0n) is 15.8. The van der Waals surface area contributed by atoms with Crippen LogP contribution in [0.3, 0.4) is 0 Å². The van der Waals surface area contributed by atoms with E-state index in [2.05, 4.69) is 13.1 Å². The largest absolute Gasteiger partial charge is 0.490 e. The van der Waals surface area contributed by atoms with Gasteiger partial charge in [0, 0.05) is 12.3 Å². The van der Waals surface area contributed by atoms with Gasteiger partial charge in [0.1, 0.15) is 19.5 Å². The Labute approximate surface area is 180 Å². The van der Waals surface area contributed by atoms with E-state index in [1.165, 1.54) is 0 Å². The third-order valence-corrected chi connectivity index (χ3v) is 7.96. The Hall–Kier alpha value is -1.17. The molecule has 1 saturated heterocycles. The van der Waals surface area contributed by atoms with Gasteiger partial charge in [0.05, 0.1) is 6.61 Å². The number of H-pyrrole nitrogens is 1. The minimum Gasteiger partial charge on any atom is -0.387 e. The summed E-state index contributed by atoms with van der Waals surface area (Å²) in [5.74, 6) is 0. The lowest BCUT2D eigenvalue weighted by Crippen LogP contribution is -2.55. The molecular formula is C11H17F2N2O15P3. The van der Waals surface area contributed by atoms with E-state index in [1.54, 1.807) is 4.98 Å². The SMILES string of the molecule is O=c1ccn([C@@H]2O[C@](CF)(COP(=O)(O)OP(=O)(O)OP(=O)(O)O)C(O)[C@]2(O)CF)c(=O)[nH]1. The number of aliphatic hydroxyl groups is 2. The highest BCUT2D eigenvalue weighted by Gasteiger charge is 2.65. The third kappa shape index (κ3) is 6.29. The molecule has 17 nitrogen and oxygen atoms in total. The van der Waals surface area contributed by atoms with E-state index in [1.807, 2.05) is 0 Å². The molecule has 1 aliphatic rings. The van der Waals surface area contributed by atoms with Crippen molar-refractivity contribution < 1.29 is 70.1 Å². The van der Waals surface area contributed by atoms with Gasteiger partial charge in [-0.3, -0.25) is 18.9 Å². The summed E-state index contributed by atoms with van der Waals surface area (Å²) in [6, 6.07) is 0.733. The van der Waals surface area contributed by atoms with Gasteiger partial charge in [-0.15, -0.1) is 0 Å². The molecule has 190 valence electrons. The van der Waals surface area contributed by atoms with E-state index in [-0.39, 0.29) is 0 Å². The number of hydrogen-bond acceptors (Lipinski definition) is 11. The summed E-state index contributed by atoms with van der Waals surface area (Å²) in [4.78, 5) is 60.5. The molecule has 0 saturated carbocycles. The molecule has 2 heterocycles. The Bertz CT molecular complexity index is 1140. The minimum absolute atomic E-state index is 0.368. The van der Waals surface area contributed by atoms with Crippen LogP contribution in [0.2, 0.25) is 0 Å². The van der Waals surface area contributed by atoms with Crippen molar-refractivity contribution in [1.29, 1.82) is 0 Å². The molecule has 0 amide bonds. The maximum atomic E-state index is 13.9. The van der Waals surface area contributed by atoms with Crippen LogP contribution in [0.25, 0.3) is 0 Å². The summed E-state index contributed by atoms with van der Waals surface area (Å²) in [5, 5.41) is 20.9. The van der Waals surface area contributed by atoms with E-state index < -0.39 is 78.2 Å². The highest BCUT2D eigenvalue weighted by Crippen LogP contribution is 2.66. The second-order valence-electron chi connectivity index (χ2n) is 6.58. The molecular weight excluding hydrogens is 531 g/mol. The van der Waals surface area contributed by atoms with Crippen LogP contribution in [-0.2, 0) is 31.6 Å². The quantitative estimate of drug-likeness (QED) is 0.159. The van der Waals surface area contributed by atoms with Crippen molar-refractivity contribution in [1.82, 2.24) is 9.55 Å². The summed E-state index contributed by atoms with van der Waals surface area (Å²) in [5.41, 5.74) is -8.17. The molecule has 1 aromatic rings. The molecule has 1 fully saturated rings. The second-order valence-corrected chi connectivity index (χ2v) is 11.0. The molecule has 1 aromatic heterocycles. The first-order chi connectivity index (χ1) is 14.9. The number of hydrogen-bond donors (Lipinski definition) is 7. The number of rotatable bonds is 10. The van der Waals surface area contributed by atoms with Crippen molar-refractivity contribution in [2.75, 3.05) is 20.0 Å². The molecule has 0 aliphatic carbocycles. The Morgan fingerprint density at radius 1 is 1.09 bits per heavy atom. The maximum absolute atomic E-state index is 13.9. The minimum atomic E-state index is -5.93. The normalized spacial score (nSPS) is 31.8. The third-order valence-electron chi connectivity index (χ3n) is 4.18. The Balaban J connectivity index is 2.33. The summed E-state index contributed by atoms with van der Waals surface area (Å²) >= 11 is 0. The summed E-state index contributed by atoms with van der Waals surface area (Å²) < 4.78 is 78.0. The molecule has 1 aliphatic heterocycles. The Morgan fingerprint density at radius 3 is 2.18 bits per heavy atom. The lowest BCUT2D eigenvalue weighted by atomic mass is 9.88. The van der Waals surface area contributed by atoms with Gasteiger partial charge in [-0.2, -0.15) is 8.62 Å². The van der Waals surface area contributed by atoms with Gasteiger partial charge < -0.3 is 34.5 Å². The average molecular weight is 548 g/mol. The fraction of sp³-hybridized carbons (Fsp3) is 0.636. The van der Waals surface area contributed by atoms with Gasteiger partial charge >= 0.3 is 29.2 Å². The zero-order chi connectivity index (χ0) is 25.5. The van der Waals surface area contributed by atoms with Crippen LogP contribution in [0.1, 0.15) is 6.23 Å². The van der Waals surface area contributed by atoms with Crippen LogP contribution in [0.4, 0.5) is 8.78 Å². The van der Waals surface area contributed by atoms with E-state index in [0.717, 1.165) is 6.07 Å². The molecule has 0 spiro atoms. The standard InChI is InChI=1S/C11H17F2N2O15P3/c12-3-10(5-27-32(23,24)30-33(25,26)29-31(20,21)22)7(17)11(19,4-13)8(28-10)15-2-1-6(16)14-9(15)18/h1-2,7-8,17,19H,3-5H2,(H,23,24)(H,25,26)(H,14,16,18)(H2,20,21,22)/t7?,8-,10-,11-/m1/s1. The molecule has 0 radical (unpaired) electrons. The van der Waals surface area contributed by atoms with E-state index >= 15 is 0 Å². The lowest BCUT2D eigenvalue weighted by molar-refractivity contribution is -0.140. The van der Waals surface area contributed by atoms with Crippen LogP contribution in [-0.4, -0.2) is 76.6 Å². The summed E-state index contributed by atoms with van der Waals surface area (Å²) in [6.07, 6.45) is -4.13. The van der Waals surface area contributed by atoms with Gasteiger partial charge in [0.2, 0.25) is 0 Å². The van der Waals surface area contributed by atoms with Gasteiger partial charge in [-0.05, 0) is 0 Å². The van der Waals surface area contributed by atoms with E-state index in [4.69, 9.17) is 19.4 Å². The number of nitrogens with one attached hydrogen (secondary N) is 1. The molecule has 0 bridgehead atoms. The van der Waals surface area contributed by atoms with Crippen LogP contribution in [0, 0.1) is 0 Å². The Morgan fingerprint density at radius 2 is 1.70 bits per heavy atom. The number of aliphatic hydroxyl groups excluding tert-OH is 1. The number of aromatic amines is 1. The summed E-state index contributed by atoms with van der Waals surface area (Å²) in [7, 11) is -17.5. The first kappa shape index (κ1) is 28.1. The topological polar surface area (TPSA) is 264 Å². The van der Waals surface area contributed by atoms with Gasteiger partial charge in [-0.1, -0.05) is 0 Å². The van der Waals surface area contributed by atoms with Crippen molar-refractivity contribution in [2.24, 2.45) is 0 Å².